The van der Waals surface area contributed by atoms with Gasteiger partial charge in [0.1, 0.15) is 17.2 Å². The van der Waals surface area contributed by atoms with Crippen LogP contribution in [0.25, 0.3) is 0 Å². The molecule has 1 heterocycles. The van der Waals surface area contributed by atoms with Gasteiger partial charge < -0.3 is 19.9 Å². The van der Waals surface area contributed by atoms with Gasteiger partial charge >= 0.3 is 11.9 Å². The van der Waals surface area contributed by atoms with Gasteiger partial charge in [0.2, 0.25) is 11.6 Å². The molecule has 2 N–H and O–H groups in total. The van der Waals surface area contributed by atoms with Gasteiger partial charge in [-0.2, -0.15) is 5.26 Å². The molecule has 1 aliphatic rings. The topological polar surface area (TPSA) is 112 Å². The van der Waals surface area contributed by atoms with E-state index in [0.29, 0.717) is 10.6 Å². The molecule has 0 unspecified atom stereocenters. The van der Waals surface area contributed by atoms with Gasteiger partial charge in [-0.25, -0.2) is 9.59 Å². The third kappa shape index (κ3) is 3.65. The van der Waals surface area contributed by atoms with Crippen LogP contribution in [0.1, 0.15) is 25.3 Å². The first-order valence-electron chi connectivity index (χ1n) is 7.86. The van der Waals surface area contributed by atoms with Gasteiger partial charge in [-0.05, 0) is 25.5 Å². The van der Waals surface area contributed by atoms with Crippen molar-refractivity contribution in [3.63, 3.8) is 0 Å². The second-order valence-corrected chi connectivity index (χ2v) is 5.54. The predicted octanol–water partition coefficient (Wildman–Crippen LogP) is 2.53. The summed E-state index contributed by atoms with van der Waals surface area (Å²) < 4.78 is 15.3. The molecule has 0 bridgehead atoms. The Bertz CT molecular complexity index is 838. The maximum absolute atomic E-state index is 12.6. The SMILES string of the molecule is CCOC(=O)C1=C(C(=O)OCC)[C@@H](c2ccccc2Cl)C(C#N)=C(N)O1. The van der Waals surface area contributed by atoms with Gasteiger partial charge in [0.25, 0.3) is 0 Å². The molecule has 2 rings (SSSR count). The highest BCUT2D eigenvalue weighted by Gasteiger charge is 2.41. The van der Waals surface area contributed by atoms with Gasteiger partial charge in [-0.15, -0.1) is 0 Å². The number of hydrogen-bond acceptors (Lipinski definition) is 7. The fourth-order valence-corrected chi connectivity index (χ4v) is 2.79. The molecule has 136 valence electrons. The van der Waals surface area contributed by atoms with Gasteiger partial charge in [0.05, 0.1) is 19.1 Å². The van der Waals surface area contributed by atoms with Gasteiger partial charge in [0, 0.05) is 5.02 Å². The number of hydrogen-bond donors (Lipinski definition) is 1. The molecule has 1 aliphatic heterocycles. The van der Waals surface area contributed by atoms with E-state index in [1.54, 1.807) is 38.1 Å². The molecule has 1 atom stereocenters. The van der Waals surface area contributed by atoms with Crippen LogP contribution in [0, 0.1) is 11.3 Å². The van der Waals surface area contributed by atoms with E-state index in [2.05, 4.69) is 0 Å². The smallest absolute Gasteiger partial charge is 0.374 e. The Balaban J connectivity index is 2.75. The second kappa shape index (κ2) is 8.41. The Kier molecular flexibility index (Phi) is 6.26. The predicted molar refractivity (Wildman–Crippen MR) is 92.4 cm³/mol. The zero-order chi connectivity index (χ0) is 19.3. The molecule has 7 nitrogen and oxygen atoms in total. The molecular formula is C18H17ClN2O5. The monoisotopic (exact) mass is 376 g/mol. The highest BCUT2D eigenvalue weighted by molar-refractivity contribution is 6.31. The van der Waals surface area contributed by atoms with E-state index < -0.39 is 23.6 Å². The number of carbonyl (C=O) groups is 2. The lowest BCUT2D eigenvalue weighted by molar-refractivity contribution is -0.145. The van der Waals surface area contributed by atoms with Crippen molar-refractivity contribution >= 4 is 23.5 Å². The Morgan fingerprint density at radius 1 is 1.23 bits per heavy atom. The Labute approximate surface area is 155 Å². The summed E-state index contributed by atoms with van der Waals surface area (Å²) in [5.74, 6) is -3.42. The molecule has 1 aromatic rings. The van der Waals surface area contributed by atoms with Crippen molar-refractivity contribution in [2.24, 2.45) is 5.73 Å². The lowest BCUT2D eigenvalue weighted by atomic mass is 9.83. The van der Waals surface area contributed by atoms with Crippen molar-refractivity contribution in [1.82, 2.24) is 0 Å². The van der Waals surface area contributed by atoms with Crippen molar-refractivity contribution in [3.8, 4) is 6.07 Å². The first kappa shape index (κ1) is 19.3. The molecule has 0 fully saturated rings. The van der Waals surface area contributed by atoms with E-state index in [-0.39, 0.29) is 30.2 Å². The molecule has 0 amide bonds. The third-order valence-electron chi connectivity index (χ3n) is 3.59. The van der Waals surface area contributed by atoms with Crippen LogP contribution in [0.3, 0.4) is 0 Å². The quantitative estimate of drug-likeness (QED) is 0.785. The van der Waals surface area contributed by atoms with Crippen LogP contribution in [-0.2, 0) is 23.8 Å². The molecule has 0 saturated heterocycles. The van der Waals surface area contributed by atoms with Crippen LogP contribution in [0.4, 0.5) is 0 Å². The Morgan fingerprint density at radius 2 is 1.85 bits per heavy atom. The van der Waals surface area contributed by atoms with E-state index in [9.17, 15) is 14.9 Å². The number of rotatable bonds is 5. The zero-order valence-electron chi connectivity index (χ0n) is 14.2. The number of carbonyl (C=O) groups excluding carboxylic acids is 2. The Hall–Kier alpha value is -2.98. The summed E-state index contributed by atoms with van der Waals surface area (Å²) in [5.41, 5.74) is 6.02. The average Bonchev–Trinajstić information content (AvgIpc) is 2.61. The van der Waals surface area contributed by atoms with E-state index in [4.69, 9.17) is 31.5 Å². The lowest BCUT2D eigenvalue weighted by Gasteiger charge is -2.27. The molecule has 0 aromatic heterocycles. The number of nitriles is 1. The van der Waals surface area contributed by atoms with Crippen LogP contribution >= 0.6 is 11.6 Å². The summed E-state index contributed by atoms with van der Waals surface area (Å²) in [6.07, 6.45) is 0. The molecule has 1 aromatic carbocycles. The summed E-state index contributed by atoms with van der Waals surface area (Å²) >= 11 is 6.26. The maximum Gasteiger partial charge on any atom is 0.374 e. The molecule has 0 saturated carbocycles. The van der Waals surface area contributed by atoms with Crippen molar-refractivity contribution in [2.45, 2.75) is 19.8 Å². The molecule has 8 heteroatoms. The first-order chi connectivity index (χ1) is 12.5. The highest BCUT2D eigenvalue weighted by atomic mass is 35.5. The van der Waals surface area contributed by atoms with Crippen LogP contribution in [0.5, 0.6) is 0 Å². The summed E-state index contributed by atoms with van der Waals surface area (Å²) in [4.78, 5) is 24.9. The fraction of sp³-hybridized carbons (Fsp3) is 0.278. The molecule has 0 spiro atoms. The van der Waals surface area contributed by atoms with Crippen LogP contribution in [0.15, 0.2) is 47.1 Å². The molecule has 0 aliphatic carbocycles. The normalized spacial score (nSPS) is 16.6. The lowest BCUT2D eigenvalue weighted by Crippen LogP contribution is -2.29. The number of halogens is 1. The van der Waals surface area contributed by atoms with E-state index in [0.717, 1.165) is 0 Å². The highest BCUT2D eigenvalue weighted by Crippen LogP contribution is 2.42. The van der Waals surface area contributed by atoms with Crippen molar-refractivity contribution in [1.29, 1.82) is 5.26 Å². The summed E-state index contributed by atoms with van der Waals surface area (Å²) in [6, 6.07) is 8.54. The van der Waals surface area contributed by atoms with E-state index in [1.165, 1.54) is 0 Å². The Morgan fingerprint density at radius 3 is 2.42 bits per heavy atom. The maximum atomic E-state index is 12.6. The van der Waals surface area contributed by atoms with Crippen LogP contribution < -0.4 is 5.73 Å². The second-order valence-electron chi connectivity index (χ2n) is 5.13. The zero-order valence-corrected chi connectivity index (χ0v) is 15.0. The summed E-state index contributed by atoms with van der Waals surface area (Å²) in [6.45, 7) is 3.35. The largest absolute Gasteiger partial charge is 0.462 e. The number of benzene rings is 1. The van der Waals surface area contributed by atoms with Crippen molar-refractivity contribution in [2.75, 3.05) is 13.2 Å². The number of ether oxygens (including phenoxy) is 3. The van der Waals surface area contributed by atoms with E-state index in [1.807, 2.05) is 6.07 Å². The van der Waals surface area contributed by atoms with Crippen LogP contribution in [0.2, 0.25) is 5.02 Å². The molecular weight excluding hydrogens is 360 g/mol. The van der Waals surface area contributed by atoms with Gasteiger partial charge in [-0.1, -0.05) is 29.8 Å². The van der Waals surface area contributed by atoms with Gasteiger partial charge in [0.15, 0.2) is 0 Å². The van der Waals surface area contributed by atoms with Crippen molar-refractivity contribution in [3.05, 3.63) is 57.6 Å². The van der Waals surface area contributed by atoms with Gasteiger partial charge in [-0.3, -0.25) is 0 Å². The number of nitrogens with two attached hydrogens (primary N) is 1. The third-order valence-corrected chi connectivity index (χ3v) is 3.94. The van der Waals surface area contributed by atoms with Crippen LogP contribution in [-0.4, -0.2) is 25.2 Å². The van der Waals surface area contributed by atoms with Crippen molar-refractivity contribution < 1.29 is 23.8 Å². The summed E-state index contributed by atoms with van der Waals surface area (Å²) in [5, 5.41) is 9.84. The molecule has 26 heavy (non-hydrogen) atoms. The minimum atomic E-state index is -1.01. The minimum absolute atomic E-state index is 0.0470. The summed E-state index contributed by atoms with van der Waals surface area (Å²) in [7, 11) is 0. The molecule has 0 radical (unpaired) electrons. The average molecular weight is 377 g/mol. The minimum Gasteiger partial charge on any atom is -0.462 e. The number of allylic oxidation sites excluding steroid dienone is 1. The number of nitrogens with zero attached hydrogens (tertiary/aromatic N) is 1. The number of esters is 2. The van der Waals surface area contributed by atoms with E-state index >= 15 is 0 Å². The standard InChI is InChI=1S/C18H17ClN2O5/c1-3-24-17(22)14-13(10-7-5-6-8-12(10)19)11(9-20)16(21)26-15(14)18(23)25-4-2/h5-8,13H,3-4,21H2,1-2H3/t13-/m0/s1. The fourth-order valence-electron chi connectivity index (χ4n) is 2.55. The first-order valence-corrected chi connectivity index (χ1v) is 8.24.